The van der Waals surface area contributed by atoms with Gasteiger partial charge in [-0.05, 0) is 31.1 Å². The second-order valence-corrected chi connectivity index (χ2v) is 6.87. The number of ether oxygens (including phenoxy) is 3. The smallest absolute Gasteiger partial charge is 0.203 e. The van der Waals surface area contributed by atoms with Gasteiger partial charge in [-0.15, -0.1) is 0 Å². The van der Waals surface area contributed by atoms with E-state index in [-0.39, 0.29) is 0 Å². The standard InChI is InChI=1S/C18H27N3O3S/c1-22-15-7-4-13(16(23-2)17(15)24-3)12-20-8-10-21(11-9-20)18(25)19-14-5-6-14/h4,7,14H,5-6,8-12H2,1-3H3,(H,19,25). The van der Waals surface area contributed by atoms with Crippen molar-refractivity contribution in [2.75, 3.05) is 47.5 Å². The molecule has 0 radical (unpaired) electrons. The maximum atomic E-state index is 5.59. The number of nitrogens with one attached hydrogen (secondary N) is 1. The molecular weight excluding hydrogens is 338 g/mol. The van der Waals surface area contributed by atoms with Crippen LogP contribution >= 0.6 is 12.2 Å². The fraction of sp³-hybridized carbons (Fsp3) is 0.611. The molecule has 2 aliphatic rings. The Morgan fingerprint density at radius 1 is 1.04 bits per heavy atom. The van der Waals surface area contributed by atoms with Crippen LogP contribution in [0.25, 0.3) is 0 Å². The lowest BCUT2D eigenvalue weighted by molar-refractivity contribution is 0.172. The number of hydrogen-bond acceptors (Lipinski definition) is 5. The zero-order valence-corrected chi connectivity index (χ0v) is 16.0. The van der Waals surface area contributed by atoms with E-state index < -0.39 is 0 Å². The first-order valence-electron chi connectivity index (χ1n) is 8.72. The first kappa shape index (κ1) is 18.1. The highest BCUT2D eigenvalue weighted by Crippen LogP contribution is 2.40. The average molecular weight is 365 g/mol. The van der Waals surface area contributed by atoms with E-state index in [0.717, 1.165) is 49.1 Å². The summed E-state index contributed by atoms with van der Waals surface area (Å²) in [6.07, 6.45) is 2.50. The molecule has 138 valence electrons. The Hall–Kier alpha value is -1.73. The number of methoxy groups -OCH3 is 3. The number of hydrogen-bond donors (Lipinski definition) is 1. The molecule has 1 saturated heterocycles. The van der Waals surface area contributed by atoms with Gasteiger partial charge in [0.15, 0.2) is 16.6 Å². The van der Waals surface area contributed by atoms with Crippen molar-refractivity contribution in [2.24, 2.45) is 0 Å². The summed E-state index contributed by atoms with van der Waals surface area (Å²) in [5, 5.41) is 4.33. The van der Waals surface area contributed by atoms with Gasteiger partial charge in [-0.25, -0.2) is 0 Å². The molecule has 0 amide bonds. The Kier molecular flexibility index (Phi) is 5.86. The molecule has 0 aromatic heterocycles. The second-order valence-electron chi connectivity index (χ2n) is 6.48. The van der Waals surface area contributed by atoms with Crippen molar-refractivity contribution in [1.82, 2.24) is 15.1 Å². The third kappa shape index (κ3) is 4.27. The van der Waals surface area contributed by atoms with Crippen LogP contribution in [0.4, 0.5) is 0 Å². The summed E-state index contributed by atoms with van der Waals surface area (Å²) < 4.78 is 16.4. The summed E-state index contributed by atoms with van der Waals surface area (Å²) in [6, 6.07) is 4.59. The van der Waals surface area contributed by atoms with E-state index >= 15 is 0 Å². The molecule has 0 unspecified atom stereocenters. The molecule has 1 aromatic carbocycles. The summed E-state index contributed by atoms with van der Waals surface area (Å²) >= 11 is 5.50. The molecule has 0 spiro atoms. The van der Waals surface area contributed by atoms with Crippen LogP contribution in [0, 0.1) is 0 Å². The van der Waals surface area contributed by atoms with Crippen molar-refractivity contribution in [3.05, 3.63) is 17.7 Å². The van der Waals surface area contributed by atoms with Gasteiger partial charge < -0.3 is 24.4 Å². The van der Waals surface area contributed by atoms with Gasteiger partial charge in [-0.1, -0.05) is 6.07 Å². The van der Waals surface area contributed by atoms with E-state index in [2.05, 4.69) is 15.1 Å². The predicted octanol–water partition coefficient (Wildman–Crippen LogP) is 1.87. The van der Waals surface area contributed by atoms with Gasteiger partial charge in [0.25, 0.3) is 0 Å². The van der Waals surface area contributed by atoms with E-state index in [0.29, 0.717) is 17.5 Å². The molecule has 7 heteroatoms. The number of rotatable bonds is 6. The average Bonchev–Trinajstić information content (AvgIpc) is 3.45. The lowest BCUT2D eigenvalue weighted by Crippen LogP contribution is -2.51. The van der Waals surface area contributed by atoms with Gasteiger partial charge in [0.2, 0.25) is 5.75 Å². The highest BCUT2D eigenvalue weighted by molar-refractivity contribution is 7.80. The van der Waals surface area contributed by atoms with Crippen LogP contribution in [-0.2, 0) is 6.54 Å². The maximum Gasteiger partial charge on any atom is 0.203 e. The number of thiocarbonyl (C=S) groups is 1. The summed E-state index contributed by atoms with van der Waals surface area (Å²) in [4.78, 5) is 4.69. The van der Waals surface area contributed by atoms with Crippen LogP contribution in [0.2, 0.25) is 0 Å². The monoisotopic (exact) mass is 365 g/mol. The molecule has 0 bridgehead atoms. The first-order valence-corrected chi connectivity index (χ1v) is 9.12. The minimum Gasteiger partial charge on any atom is -0.493 e. The van der Waals surface area contributed by atoms with Crippen molar-refractivity contribution in [1.29, 1.82) is 0 Å². The highest BCUT2D eigenvalue weighted by atomic mass is 32.1. The third-order valence-corrected chi connectivity index (χ3v) is 5.12. The minimum atomic E-state index is 0.613. The van der Waals surface area contributed by atoms with Crippen LogP contribution in [0.15, 0.2) is 12.1 Å². The molecule has 1 aliphatic carbocycles. The number of benzene rings is 1. The molecule has 3 rings (SSSR count). The van der Waals surface area contributed by atoms with Crippen molar-refractivity contribution in [3.63, 3.8) is 0 Å². The maximum absolute atomic E-state index is 5.59. The topological polar surface area (TPSA) is 46.2 Å². The Balaban J connectivity index is 1.60. The Morgan fingerprint density at radius 2 is 1.72 bits per heavy atom. The predicted molar refractivity (Wildman–Crippen MR) is 102 cm³/mol. The van der Waals surface area contributed by atoms with Gasteiger partial charge in [-0.3, -0.25) is 4.90 Å². The quantitative estimate of drug-likeness (QED) is 0.772. The lowest BCUT2D eigenvalue weighted by Gasteiger charge is -2.36. The Morgan fingerprint density at radius 3 is 2.28 bits per heavy atom. The van der Waals surface area contributed by atoms with Gasteiger partial charge >= 0.3 is 0 Å². The zero-order valence-electron chi connectivity index (χ0n) is 15.2. The SMILES string of the molecule is COc1ccc(CN2CCN(C(=S)NC3CC3)CC2)c(OC)c1OC. The van der Waals surface area contributed by atoms with E-state index in [4.69, 9.17) is 26.4 Å². The van der Waals surface area contributed by atoms with E-state index in [1.165, 1.54) is 12.8 Å². The molecular formula is C18H27N3O3S. The Labute approximate surface area is 155 Å². The molecule has 1 aliphatic heterocycles. The molecule has 2 fully saturated rings. The van der Waals surface area contributed by atoms with Crippen molar-refractivity contribution < 1.29 is 14.2 Å². The second kappa shape index (κ2) is 8.10. The van der Waals surface area contributed by atoms with Gasteiger partial charge in [-0.2, -0.15) is 0 Å². The van der Waals surface area contributed by atoms with Crippen LogP contribution in [-0.4, -0.2) is 68.5 Å². The molecule has 1 saturated carbocycles. The fourth-order valence-electron chi connectivity index (χ4n) is 3.13. The van der Waals surface area contributed by atoms with Gasteiger partial charge in [0.05, 0.1) is 21.3 Å². The lowest BCUT2D eigenvalue weighted by atomic mass is 10.1. The molecule has 1 aromatic rings. The van der Waals surface area contributed by atoms with Gasteiger partial charge in [0.1, 0.15) is 0 Å². The Bertz CT molecular complexity index is 614. The van der Waals surface area contributed by atoms with E-state index in [1.807, 2.05) is 12.1 Å². The van der Waals surface area contributed by atoms with Crippen LogP contribution in [0.1, 0.15) is 18.4 Å². The summed E-state index contributed by atoms with van der Waals surface area (Å²) in [7, 11) is 4.94. The summed E-state index contributed by atoms with van der Waals surface area (Å²) in [5.74, 6) is 2.08. The molecule has 25 heavy (non-hydrogen) atoms. The normalized spacial score (nSPS) is 18.0. The summed E-state index contributed by atoms with van der Waals surface area (Å²) in [6.45, 7) is 4.68. The molecule has 0 atom stereocenters. The van der Waals surface area contributed by atoms with Gasteiger partial charge in [0, 0.05) is 44.3 Å². The first-order chi connectivity index (χ1) is 12.2. The van der Waals surface area contributed by atoms with Crippen molar-refractivity contribution in [3.8, 4) is 17.2 Å². The van der Waals surface area contributed by atoms with Crippen LogP contribution in [0.5, 0.6) is 17.2 Å². The highest BCUT2D eigenvalue weighted by Gasteiger charge is 2.26. The van der Waals surface area contributed by atoms with Crippen LogP contribution in [0.3, 0.4) is 0 Å². The fourth-order valence-corrected chi connectivity index (χ4v) is 3.48. The zero-order chi connectivity index (χ0) is 17.8. The van der Waals surface area contributed by atoms with E-state index in [1.54, 1.807) is 21.3 Å². The molecule has 1 N–H and O–H groups in total. The van der Waals surface area contributed by atoms with Crippen molar-refractivity contribution in [2.45, 2.75) is 25.4 Å². The van der Waals surface area contributed by atoms with Crippen molar-refractivity contribution >= 4 is 17.3 Å². The molecule has 1 heterocycles. The largest absolute Gasteiger partial charge is 0.493 e. The third-order valence-electron chi connectivity index (χ3n) is 4.74. The number of piperazine rings is 1. The number of nitrogens with zero attached hydrogens (tertiary/aromatic N) is 2. The van der Waals surface area contributed by atoms with E-state index in [9.17, 15) is 0 Å². The van der Waals surface area contributed by atoms with Crippen LogP contribution < -0.4 is 19.5 Å². The summed E-state index contributed by atoms with van der Waals surface area (Å²) in [5.41, 5.74) is 1.10. The minimum absolute atomic E-state index is 0.613. The molecule has 6 nitrogen and oxygen atoms in total.